The third-order valence-electron chi connectivity index (χ3n) is 6.24. The van der Waals surface area contributed by atoms with Gasteiger partial charge in [0.1, 0.15) is 17.4 Å². The number of aromatic nitrogens is 3. The van der Waals surface area contributed by atoms with Crippen molar-refractivity contribution in [3.8, 4) is 5.75 Å². The van der Waals surface area contributed by atoms with Gasteiger partial charge in [0.25, 0.3) is 0 Å². The first-order valence-electron chi connectivity index (χ1n) is 11.3. The first-order chi connectivity index (χ1) is 16.6. The Kier molecular flexibility index (Phi) is 5.58. The van der Waals surface area contributed by atoms with Crippen LogP contribution in [-0.4, -0.2) is 63.8 Å². The smallest absolute Gasteiger partial charge is 0.410 e. The summed E-state index contributed by atoms with van der Waals surface area (Å²) in [6, 6.07) is 6.46. The Hall–Kier alpha value is -3.40. The van der Waals surface area contributed by atoms with E-state index in [9.17, 15) is 9.18 Å². The van der Waals surface area contributed by atoms with Crippen LogP contribution in [0, 0.1) is 5.82 Å². The van der Waals surface area contributed by atoms with Gasteiger partial charge in [0.15, 0.2) is 23.2 Å². The number of nitrogens with one attached hydrogen (secondary N) is 1. The van der Waals surface area contributed by atoms with Crippen LogP contribution in [0.5, 0.6) is 5.75 Å². The maximum absolute atomic E-state index is 14.5. The average Bonchev–Trinajstić information content (AvgIpc) is 2.74. The van der Waals surface area contributed by atoms with E-state index in [1.54, 1.807) is 30.2 Å². The van der Waals surface area contributed by atoms with Crippen molar-refractivity contribution in [3.05, 3.63) is 41.4 Å². The monoisotopic (exact) mass is 500 g/mol. The fourth-order valence-electron chi connectivity index (χ4n) is 4.44. The van der Waals surface area contributed by atoms with Crippen molar-refractivity contribution in [2.75, 3.05) is 37.0 Å². The molecule has 0 unspecified atom stereocenters. The normalized spacial score (nSPS) is 16.6. The van der Waals surface area contributed by atoms with Gasteiger partial charge in [-0.2, -0.15) is 0 Å². The fourth-order valence-corrected chi connectivity index (χ4v) is 4.61. The molecule has 4 heterocycles. The summed E-state index contributed by atoms with van der Waals surface area (Å²) in [6.45, 7) is 7.44. The van der Waals surface area contributed by atoms with E-state index in [0.717, 1.165) is 6.42 Å². The van der Waals surface area contributed by atoms with Crippen LogP contribution in [0.2, 0.25) is 5.02 Å². The molecule has 0 saturated carbocycles. The van der Waals surface area contributed by atoms with E-state index in [1.165, 1.54) is 12.4 Å². The van der Waals surface area contributed by atoms with Crippen LogP contribution in [0.3, 0.4) is 0 Å². The maximum Gasteiger partial charge on any atom is 0.410 e. The minimum Gasteiger partial charge on any atom is -0.493 e. The lowest BCUT2D eigenvalue weighted by Crippen LogP contribution is -2.78. The second kappa shape index (κ2) is 8.37. The summed E-state index contributed by atoms with van der Waals surface area (Å²) < 4.78 is 25.6. The Morgan fingerprint density at radius 1 is 1.26 bits per heavy atom. The summed E-state index contributed by atoms with van der Waals surface area (Å²) in [7, 11) is 1.57. The summed E-state index contributed by atoms with van der Waals surface area (Å²) in [5.74, 6) is 0.918. The molecule has 2 fully saturated rings. The maximum atomic E-state index is 14.5. The molecule has 1 spiro atoms. The molecular formula is C24H26ClFN6O3. The van der Waals surface area contributed by atoms with Crippen LogP contribution in [0.25, 0.3) is 11.0 Å². The minimum atomic E-state index is -0.577. The zero-order valence-corrected chi connectivity index (χ0v) is 20.7. The molecule has 0 atom stereocenters. The number of nitrogens with zero attached hydrogens (tertiary/aromatic N) is 5. The zero-order chi connectivity index (χ0) is 25.0. The Balaban J connectivity index is 1.43. The molecule has 35 heavy (non-hydrogen) atoms. The number of ether oxygens (including phenoxy) is 2. The highest BCUT2D eigenvalue weighted by Crippen LogP contribution is 2.44. The lowest BCUT2D eigenvalue weighted by Gasteiger charge is -2.62. The van der Waals surface area contributed by atoms with Gasteiger partial charge < -0.3 is 19.7 Å². The van der Waals surface area contributed by atoms with Crippen LogP contribution in [-0.2, 0) is 4.74 Å². The van der Waals surface area contributed by atoms with E-state index in [-0.39, 0.29) is 22.3 Å². The number of pyridine rings is 1. The highest BCUT2D eigenvalue weighted by atomic mass is 35.5. The van der Waals surface area contributed by atoms with Crippen molar-refractivity contribution >= 4 is 46.1 Å². The molecule has 1 aromatic carbocycles. The number of halogens is 2. The quantitative estimate of drug-likeness (QED) is 0.547. The number of rotatable bonds is 4. The van der Waals surface area contributed by atoms with Crippen molar-refractivity contribution in [1.29, 1.82) is 0 Å². The van der Waals surface area contributed by atoms with Crippen LogP contribution < -0.4 is 15.0 Å². The summed E-state index contributed by atoms with van der Waals surface area (Å²) >= 11 is 5.92. The molecule has 1 N–H and O–H groups in total. The second-order valence-corrected chi connectivity index (χ2v) is 10.2. The van der Waals surface area contributed by atoms with E-state index in [2.05, 4.69) is 15.3 Å². The van der Waals surface area contributed by atoms with Crippen LogP contribution >= 0.6 is 11.6 Å². The summed E-state index contributed by atoms with van der Waals surface area (Å²) in [4.78, 5) is 29.8. The van der Waals surface area contributed by atoms with E-state index in [0.29, 0.717) is 48.1 Å². The van der Waals surface area contributed by atoms with Crippen molar-refractivity contribution in [1.82, 2.24) is 19.9 Å². The topological polar surface area (TPSA) is 92.7 Å². The molecule has 0 bridgehead atoms. The predicted octanol–water partition coefficient (Wildman–Crippen LogP) is 4.77. The highest BCUT2D eigenvalue weighted by molar-refractivity contribution is 6.31. The van der Waals surface area contributed by atoms with Gasteiger partial charge in [-0.05, 0) is 39.3 Å². The van der Waals surface area contributed by atoms with Crippen LogP contribution in [0.1, 0.15) is 27.2 Å². The minimum absolute atomic E-state index is 0.00426. The highest BCUT2D eigenvalue weighted by Gasteiger charge is 2.57. The van der Waals surface area contributed by atoms with Gasteiger partial charge >= 0.3 is 6.09 Å². The fraction of sp³-hybridized carbons (Fsp3) is 0.417. The number of methoxy groups -OCH3 is 1. The number of anilines is 3. The number of hydrogen-bond acceptors (Lipinski definition) is 8. The molecule has 3 aromatic rings. The molecule has 184 valence electrons. The Morgan fingerprint density at radius 3 is 2.69 bits per heavy atom. The Bertz CT molecular complexity index is 1310. The molecule has 9 nitrogen and oxygen atoms in total. The molecule has 0 aliphatic carbocycles. The molecule has 2 saturated heterocycles. The number of fused-ring (bicyclic) bond motifs is 1. The first kappa shape index (κ1) is 23.3. The van der Waals surface area contributed by atoms with E-state index in [1.807, 2.05) is 25.7 Å². The molecule has 2 aliphatic rings. The molecular weight excluding hydrogens is 475 g/mol. The molecule has 11 heteroatoms. The van der Waals surface area contributed by atoms with Gasteiger partial charge in [0, 0.05) is 25.7 Å². The van der Waals surface area contributed by atoms with Crippen molar-refractivity contribution in [2.45, 2.75) is 38.3 Å². The van der Waals surface area contributed by atoms with Gasteiger partial charge in [-0.25, -0.2) is 24.1 Å². The van der Waals surface area contributed by atoms with Crippen molar-refractivity contribution in [3.63, 3.8) is 0 Å². The zero-order valence-electron chi connectivity index (χ0n) is 19.9. The number of amides is 1. The molecule has 1 amide bonds. The number of carbonyl (C=O) groups is 1. The van der Waals surface area contributed by atoms with Gasteiger partial charge in [0.2, 0.25) is 0 Å². The number of hydrogen-bond donors (Lipinski definition) is 1. The molecule has 0 radical (unpaired) electrons. The molecule has 2 aliphatic heterocycles. The third-order valence-corrected chi connectivity index (χ3v) is 6.53. The lowest BCUT2D eigenvalue weighted by atomic mass is 9.77. The SMILES string of the molecule is COc1cc2ncnc(Nc3cccc(Cl)c3F)c2nc1N1CC2(CCN2C(=O)OC(C)(C)C)C1. The standard InChI is InChI=1S/C24H26ClFN6O3/c1-23(2,3)35-22(33)32-9-8-24(32)11-31(12-24)21-17(34-4)10-16-19(30-21)20(28-13-27-16)29-15-7-5-6-14(25)18(15)26/h5-7,10,13H,8-9,11-12H2,1-4H3,(H,27,28,29). The van der Waals surface area contributed by atoms with E-state index in [4.69, 9.17) is 26.1 Å². The summed E-state index contributed by atoms with van der Waals surface area (Å²) in [5, 5.41) is 2.98. The Morgan fingerprint density at radius 2 is 2.03 bits per heavy atom. The third kappa shape index (κ3) is 4.16. The van der Waals surface area contributed by atoms with Gasteiger partial charge in [-0.15, -0.1) is 0 Å². The van der Waals surface area contributed by atoms with Gasteiger partial charge in [-0.3, -0.25) is 4.90 Å². The van der Waals surface area contributed by atoms with Crippen LogP contribution in [0.4, 0.5) is 26.5 Å². The second-order valence-electron chi connectivity index (χ2n) is 9.79. The first-order valence-corrected chi connectivity index (χ1v) is 11.6. The Labute approximate surface area is 207 Å². The van der Waals surface area contributed by atoms with E-state index < -0.39 is 11.4 Å². The number of carbonyl (C=O) groups excluding carboxylic acids is 1. The summed E-state index contributed by atoms with van der Waals surface area (Å²) in [5.41, 5.74) is 0.358. The molecule has 5 rings (SSSR count). The number of benzene rings is 1. The molecule has 2 aromatic heterocycles. The van der Waals surface area contributed by atoms with Gasteiger partial charge in [-0.1, -0.05) is 17.7 Å². The van der Waals surface area contributed by atoms with Gasteiger partial charge in [0.05, 0.1) is 28.9 Å². The van der Waals surface area contributed by atoms with Crippen molar-refractivity contribution < 1.29 is 18.7 Å². The van der Waals surface area contributed by atoms with Crippen LogP contribution in [0.15, 0.2) is 30.6 Å². The lowest BCUT2D eigenvalue weighted by molar-refractivity contribution is -0.0562. The van der Waals surface area contributed by atoms with E-state index >= 15 is 0 Å². The largest absolute Gasteiger partial charge is 0.493 e. The predicted molar refractivity (Wildman–Crippen MR) is 131 cm³/mol. The number of likely N-dealkylation sites (tertiary alicyclic amines) is 1. The van der Waals surface area contributed by atoms with Crippen molar-refractivity contribution in [2.24, 2.45) is 0 Å². The average molecular weight is 501 g/mol. The summed E-state index contributed by atoms with van der Waals surface area (Å²) in [6.07, 6.45) is 1.97.